The van der Waals surface area contributed by atoms with Crippen LogP contribution in [0.25, 0.3) is 0 Å². The first-order valence-corrected chi connectivity index (χ1v) is 7.50. The third kappa shape index (κ3) is 3.28. The molecule has 1 fully saturated rings. The summed E-state index contributed by atoms with van der Waals surface area (Å²) >= 11 is 7.37. The second-order valence-electron chi connectivity index (χ2n) is 4.79. The molecule has 0 radical (unpaired) electrons. The molecule has 1 aliphatic rings. The molecular weight excluding hydrogens is 286 g/mol. The van der Waals surface area contributed by atoms with Gasteiger partial charge in [0.25, 0.3) is 0 Å². The Morgan fingerprint density at radius 1 is 1.58 bits per heavy atom. The quantitative estimate of drug-likeness (QED) is 0.930. The SMILES string of the molecule is CC1C(C(=O)O)CCN1C(=O)CCc1cc(Cl)cs1. The van der Waals surface area contributed by atoms with Crippen LogP contribution in [0.1, 0.15) is 24.6 Å². The molecule has 1 aliphatic heterocycles. The Labute approximate surface area is 121 Å². The Bertz CT molecular complexity index is 488. The molecule has 1 amide bonds. The van der Waals surface area contributed by atoms with Crippen molar-refractivity contribution in [3.8, 4) is 0 Å². The molecule has 1 saturated heterocycles. The topological polar surface area (TPSA) is 57.6 Å². The van der Waals surface area contributed by atoms with E-state index >= 15 is 0 Å². The monoisotopic (exact) mass is 301 g/mol. The summed E-state index contributed by atoms with van der Waals surface area (Å²) in [5, 5.41) is 11.6. The molecule has 1 aromatic rings. The summed E-state index contributed by atoms with van der Waals surface area (Å²) in [4.78, 5) is 25.9. The number of carboxylic acid groups (broad SMARTS) is 1. The number of hydrogen-bond donors (Lipinski definition) is 1. The lowest BCUT2D eigenvalue weighted by atomic mass is 10.0. The molecule has 2 rings (SSSR count). The molecule has 2 atom stereocenters. The van der Waals surface area contributed by atoms with Crippen molar-refractivity contribution in [3.05, 3.63) is 21.3 Å². The van der Waals surface area contributed by atoms with E-state index in [0.29, 0.717) is 30.8 Å². The highest BCUT2D eigenvalue weighted by Gasteiger charge is 2.37. The number of halogens is 1. The van der Waals surface area contributed by atoms with Gasteiger partial charge in [0.1, 0.15) is 0 Å². The molecule has 0 spiro atoms. The number of likely N-dealkylation sites (tertiary alicyclic amines) is 1. The second kappa shape index (κ2) is 5.92. The summed E-state index contributed by atoms with van der Waals surface area (Å²) in [7, 11) is 0. The zero-order chi connectivity index (χ0) is 14.0. The standard InChI is InChI=1S/C13H16ClNO3S/c1-8-11(13(17)18)4-5-15(8)12(16)3-2-10-6-9(14)7-19-10/h6-8,11H,2-5H2,1H3,(H,17,18). The van der Waals surface area contributed by atoms with Gasteiger partial charge in [-0.05, 0) is 25.8 Å². The third-order valence-corrected chi connectivity index (χ3v) is 4.94. The molecule has 0 aromatic carbocycles. The fraction of sp³-hybridized carbons (Fsp3) is 0.538. The first-order chi connectivity index (χ1) is 8.99. The van der Waals surface area contributed by atoms with Gasteiger partial charge in [0.2, 0.25) is 5.91 Å². The molecule has 19 heavy (non-hydrogen) atoms. The van der Waals surface area contributed by atoms with Crippen LogP contribution in [-0.4, -0.2) is 34.5 Å². The fourth-order valence-corrected chi connectivity index (χ4v) is 3.56. The Morgan fingerprint density at radius 2 is 2.32 bits per heavy atom. The van der Waals surface area contributed by atoms with Crippen molar-refractivity contribution in [2.45, 2.75) is 32.2 Å². The van der Waals surface area contributed by atoms with Gasteiger partial charge in [0, 0.05) is 29.3 Å². The number of aryl methyl sites for hydroxylation is 1. The van der Waals surface area contributed by atoms with Gasteiger partial charge in [0.15, 0.2) is 0 Å². The Balaban J connectivity index is 1.89. The Morgan fingerprint density at radius 3 is 2.84 bits per heavy atom. The number of nitrogens with zero attached hydrogens (tertiary/aromatic N) is 1. The molecule has 0 bridgehead atoms. The molecule has 1 N–H and O–H groups in total. The molecule has 2 heterocycles. The Hall–Kier alpha value is -1.07. The molecule has 6 heteroatoms. The van der Waals surface area contributed by atoms with Crippen LogP contribution in [-0.2, 0) is 16.0 Å². The highest BCUT2D eigenvalue weighted by Crippen LogP contribution is 2.26. The summed E-state index contributed by atoms with van der Waals surface area (Å²) in [6.45, 7) is 2.36. The zero-order valence-electron chi connectivity index (χ0n) is 10.6. The molecule has 0 aliphatic carbocycles. The second-order valence-corrected chi connectivity index (χ2v) is 6.22. The normalized spacial score (nSPS) is 22.7. The van der Waals surface area contributed by atoms with Crippen LogP contribution in [0.5, 0.6) is 0 Å². The smallest absolute Gasteiger partial charge is 0.308 e. The largest absolute Gasteiger partial charge is 0.481 e. The van der Waals surface area contributed by atoms with Gasteiger partial charge in [-0.1, -0.05) is 11.6 Å². The van der Waals surface area contributed by atoms with Crippen molar-refractivity contribution in [2.24, 2.45) is 5.92 Å². The van der Waals surface area contributed by atoms with E-state index in [1.807, 2.05) is 18.4 Å². The predicted molar refractivity (Wildman–Crippen MR) is 74.6 cm³/mol. The van der Waals surface area contributed by atoms with E-state index in [1.165, 1.54) is 0 Å². The van der Waals surface area contributed by atoms with Crippen molar-refractivity contribution < 1.29 is 14.7 Å². The van der Waals surface area contributed by atoms with Crippen LogP contribution in [0.2, 0.25) is 5.02 Å². The maximum atomic E-state index is 12.1. The van der Waals surface area contributed by atoms with Gasteiger partial charge in [-0.3, -0.25) is 9.59 Å². The van der Waals surface area contributed by atoms with Gasteiger partial charge < -0.3 is 10.0 Å². The van der Waals surface area contributed by atoms with Crippen LogP contribution in [0.15, 0.2) is 11.4 Å². The number of thiophene rings is 1. The minimum Gasteiger partial charge on any atom is -0.481 e. The summed E-state index contributed by atoms with van der Waals surface area (Å²) in [6, 6.07) is 1.66. The van der Waals surface area contributed by atoms with Crippen molar-refractivity contribution in [1.82, 2.24) is 4.90 Å². The maximum Gasteiger partial charge on any atom is 0.308 e. The van der Waals surface area contributed by atoms with Crippen molar-refractivity contribution in [2.75, 3.05) is 6.54 Å². The summed E-state index contributed by atoms with van der Waals surface area (Å²) < 4.78 is 0. The van der Waals surface area contributed by atoms with E-state index in [2.05, 4.69) is 0 Å². The number of hydrogen-bond acceptors (Lipinski definition) is 3. The molecule has 0 saturated carbocycles. The van der Waals surface area contributed by atoms with Crippen LogP contribution in [0, 0.1) is 5.92 Å². The lowest BCUT2D eigenvalue weighted by Gasteiger charge is -2.23. The maximum absolute atomic E-state index is 12.1. The number of aliphatic carboxylic acids is 1. The van der Waals surface area contributed by atoms with Crippen molar-refractivity contribution >= 4 is 34.8 Å². The lowest BCUT2D eigenvalue weighted by Crippen LogP contribution is -2.37. The van der Waals surface area contributed by atoms with Crippen LogP contribution >= 0.6 is 22.9 Å². The fourth-order valence-electron chi connectivity index (χ4n) is 2.48. The van der Waals surface area contributed by atoms with E-state index in [1.54, 1.807) is 16.2 Å². The van der Waals surface area contributed by atoms with Crippen LogP contribution < -0.4 is 0 Å². The summed E-state index contributed by atoms with van der Waals surface area (Å²) in [6.07, 6.45) is 1.62. The van der Waals surface area contributed by atoms with Crippen molar-refractivity contribution in [3.63, 3.8) is 0 Å². The minimum absolute atomic E-state index is 0.0285. The average Bonchev–Trinajstić information content (AvgIpc) is 2.92. The summed E-state index contributed by atoms with van der Waals surface area (Å²) in [5.74, 6) is -1.21. The van der Waals surface area contributed by atoms with Gasteiger partial charge in [-0.2, -0.15) is 0 Å². The Kier molecular flexibility index (Phi) is 4.47. The average molecular weight is 302 g/mol. The number of carboxylic acids is 1. The van der Waals surface area contributed by atoms with Gasteiger partial charge in [0.05, 0.1) is 10.9 Å². The first-order valence-electron chi connectivity index (χ1n) is 6.24. The van der Waals surface area contributed by atoms with Gasteiger partial charge in [-0.15, -0.1) is 11.3 Å². The predicted octanol–water partition coefficient (Wildman–Crippen LogP) is 2.66. The zero-order valence-corrected chi connectivity index (χ0v) is 12.2. The molecule has 4 nitrogen and oxygen atoms in total. The highest BCUT2D eigenvalue weighted by atomic mass is 35.5. The van der Waals surface area contributed by atoms with E-state index in [0.717, 1.165) is 4.88 Å². The lowest BCUT2D eigenvalue weighted by molar-refractivity contribution is -0.143. The molecule has 2 unspecified atom stereocenters. The first kappa shape index (κ1) is 14.3. The number of carbonyl (C=O) groups is 2. The van der Waals surface area contributed by atoms with E-state index < -0.39 is 11.9 Å². The number of rotatable bonds is 4. The number of amides is 1. The van der Waals surface area contributed by atoms with E-state index in [9.17, 15) is 9.59 Å². The van der Waals surface area contributed by atoms with Crippen LogP contribution in [0.4, 0.5) is 0 Å². The molecular formula is C13H16ClNO3S. The molecule has 1 aromatic heterocycles. The third-order valence-electron chi connectivity index (χ3n) is 3.60. The minimum atomic E-state index is -0.812. The highest BCUT2D eigenvalue weighted by molar-refractivity contribution is 7.10. The summed E-state index contributed by atoms with van der Waals surface area (Å²) in [5.41, 5.74) is 0. The van der Waals surface area contributed by atoms with Gasteiger partial charge >= 0.3 is 5.97 Å². The van der Waals surface area contributed by atoms with Gasteiger partial charge in [-0.25, -0.2) is 0 Å². The van der Waals surface area contributed by atoms with E-state index in [-0.39, 0.29) is 11.9 Å². The molecule has 104 valence electrons. The van der Waals surface area contributed by atoms with Crippen molar-refractivity contribution in [1.29, 1.82) is 0 Å². The van der Waals surface area contributed by atoms with E-state index in [4.69, 9.17) is 16.7 Å². The number of carbonyl (C=O) groups excluding carboxylic acids is 1. The van der Waals surface area contributed by atoms with Crippen LogP contribution in [0.3, 0.4) is 0 Å².